The zero-order chi connectivity index (χ0) is 23.5. The number of para-hydroxylation sites is 1. The molecule has 0 spiro atoms. The van der Waals surface area contributed by atoms with E-state index in [1.165, 1.54) is 4.68 Å². The van der Waals surface area contributed by atoms with E-state index >= 15 is 0 Å². The van der Waals surface area contributed by atoms with Gasteiger partial charge in [-0.05, 0) is 43.5 Å². The molecule has 0 saturated heterocycles. The number of aryl methyl sites for hydroxylation is 2. The molecule has 8 nitrogen and oxygen atoms in total. The minimum atomic E-state index is -0.826. The Morgan fingerprint density at radius 3 is 2.70 bits per heavy atom. The number of carbonyl (C=O) groups excluding carboxylic acids is 1. The lowest BCUT2D eigenvalue weighted by molar-refractivity contribution is -0.119. The van der Waals surface area contributed by atoms with Crippen molar-refractivity contribution in [2.24, 2.45) is 0 Å². The van der Waals surface area contributed by atoms with E-state index in [1.807, 2.05) is 62.4 Å². The highest BCUT2D eigenvalue weighted by Crippen LogP contribution is 2.30. The van der Waals surface area contributed by atoms with Crippen molar-refractivity contribution in [1.29, 1.82) is 0 Å². The number of carbonyl (C=O) groups is 1. The molecule has 1 N–H and O–H groups in total. The Hall–Kier alpha value is -3.94. The summed E-state index contributed by atoms with van der Waals surface area (Å²) in [6.45, 7) is 5.60. The van der Waals surface area contributed by atoms with Crippen LogP contribution >= 0.6 is 0 Å². The number of hydrogen-bond donors (Lipinski definition) is 1. The van der Waals surface area contributed by atoms with E-state index in [2.05, 4.69) is 15.6 Å². The van der Waals surface area contributed by atoms with Gasteiger partial charge in [-0.25, -0.2) is 4.68 Å². The molecule has 0 fully saturated rings. The van der Waals surface area contributed by atoms with Crippen LogP contribution in [0.1, 0.15) is 37.6 Å². The maximum absolute atomic E-state index is 13.3. The zero-order valence-electron chi connectivity index (χ0n) is 19.1. The number of amides is 1. The lowest BCUT2D eigenvalue weighted by atomic mass is 10.1. The molecule has 170 valence electrons. The van der Waals surface area contributed by atoms with Gasteiger partial charge in [-0.2, -0.15) is 5.10 Å². The topological polar surface area (TPSA) is 99.2 Å². The van der Waals surface area contributed by atoms with Crippen molar-refractivity contribution in [2.45, 2.75) is 39.7 Å². The third kappa shape index (κ3) is 4.11. The SMILES string of the molecule is CCc1ccccc1NC(=O)[C@@H](CC)n1nc(-c2cccc(OC)c2)c2c(C)onc2c1=O. The first-order chi connectivity index (χ1) is 16.0. The number of ether oxygens (including phenoxy) is 1. The molecule has 8 heteroatoms. The fraction of sp³-hybridized carbons (Fsp3) is 0.280. The molecule has 1 atom stereocenters. The Morgan fingerprint density at radius 2 is 1.97 bits per heavy atom. The maximum atomic E-state index is 13.3. The molecule has 0 unspecified atom stereocenters. The molecule has 0 aliphatic rings. The van der Waals surface area contributed by atoms with Crippen molar-refractivity contribution in [1.82, 2.24) is 14.9 Å². The van der Waals surface area contributed by atoms with Crippen LogP contribution in [0.4, 0.5) is 5.69 Å². The molecule has 2 heterocycles. The summed E-state index contributed by atoms with van der Waals surface area (Å²) in [7, 11) is 1.58. The number of anilines is 1. The Morgan fingerprint density at radius 1 is 1.18 bits per heavy atom. The van der Waals surface area contributed by atoms with Gasteiger partial charge in [0.05, 0.1) is 12.5 Å². The largest absolute Gasteiger partial charge is 0.497 e. The highest BCUT2D eigenvalue weighted by Gasteiger charge is 2.26. The van der Waals surface area contributed by atoms with Gasteiger partial charge in [0, 0.05) is 11.3 Å². The summed E-state index contributed by atoms with van der Waals surface area (Å²) in [4.78, 5) is 26.6. The Bertz CT molecular complexity index is 1370. The number of methoxy groups -OCH3 is 1. The van der Waals surface area contributed by atoms with Crippen LogP contribution in [0.15, 0.2) is 57.8 Å². The fourth-order valence-corrected chi connectivity index (χ4v) is 3.93. The average molecular weight is 447 g/mol. The molecule has 0 aliphatic carbocycles. The first-order valence-corrected chi connectivity index (χ1v) is 10.9. The molecular formula is C25H26N4O4. The average Bonchev–Trinajstić information content (AvgIpc) is 3.23. The van der Waals surface area contributed by atoms with Gasteiger partial charge in [0.1, 0.15) is 23.2 Å². The van der Waals surface area contributed by atoms with E-state index in [1.54, 1.807) is 14.0 Å². The maximum Gasteiger partial charge on any atom is 0.297 e. The molecule has 0 saturated carbocycles. The number of nitrogens with one attached hydrogen (secondary N) is 1. The molecule has 4 rings (SSSR count). The van der Waals surface area contributed by atoms with Gasteiger partial charge in [-0.3, -0.25) is 9.59 Å². The van der Waals surface area contributed by atoms with Crippen LogP contribution in [0.25, 0.3) is 22.2 Å². The van der Waals surface area contributed by atoms with E-state index in [9.17, 15) is 9.59 Å². The predicted octanol–water partition coefficient (Wildman–Crippen LogP) is 4.52. The lowest BCUT2D eigenvalue weighted by Crippen LogP contribution is -2.35. The van der Waals surface area contributed by atoms with Crippen molar-refractivity contribution < 1.29 is 14.1 Å². The second kappa shape index (κ2) is 9.28. The van der Waals surface area contributed by atoms with Crippen LogP contribution in [0.3, 0.4) is 0 Å². The first kappa shape index (κ1) is 22.3. The standard InChI is InChI=1S/C25H26N4O4/c1-5-16-10-7-8-13-19(16)26-24(30)20(6-2)29-25(31)23-21(15(3)33-28-23)22(27-29)17-11-9-12-18(14-17)32-4/h7-14,20H,5-6H2,1-4H3,(H,26,30)/t20-/m1/s1. The molecule has 0 radical (unpaired) electrons. The highest BCUT2D eigenvalue weighted by molar-refractivity contribution is 5.96. The van der Waals surface area contributed by atoms with Crippen LogP contribution < -0.4 is 15.6 Å². The molecule has 33 heavy (non-hydrogen) atoms. The third-order valence-corrected chi connectivity index (χ3v) is 5.70. The summed E-state index contributed by atoms with van der Waals surface area (Å²) >= 11 is 0. The molecule has 0 aliphatic heterocycles. The summed E-state index contributed by atoms with van der Waals surface area (Å²) in [5.41, 5.74) is 2.64. The number of aromatic nitrogens is 3. The van der Waals surface area contributed by atoms with Crippen molar-refractivity contribution in [3.05, 3.63) is 70.2 Å². The van der Waals surface area contributed by atoms with Crippen LogP contribution in [-0.4, -0.2) is 28.0 Å². The van der Waals surface area contributed by atoms with Gasteiger partial charge < -0.3 is 14.6 Å². The van der Waals surface area contributed by atoms with E-state index < -0.39 is 11.6 Å². The van der Waals surface area contributed by atoms with Gasteiger partial charge in [0.15, 0.2) is 5.52 Å². The lowest BCUT2D eigenvalue weighted by Gasteiger charge is -2.19. The summed E-state index contributed by atoms with van der Waals surface area (Å²) < 4.78 is 11.9. The van der Waals surface area contributed by atoms with Crippen molar-refractivity contribution in [2.75, 3.05) is 12.4 Å². The second-order valence-electron chi connectivity index (χ2n) is 7.72. The first-order valence-electron chi connectivity index (χ1n) is 10.9. The Labute approximate surface area is 191 Å². The third-order valence-electron chi connectivity index (χ3n) is 5.70. The van der Waals surface area contributed by atoms with E-state index in [0.717, 1.165) is 23.2 Å². The molecule has 2 aromatic carbocycles. The Balaban J connectivity index is 1.84. The van der Waals surface area contributed by atoms with E-state index in [4.69, 9.17) is 9.26 Å². The van der Waals surface area contributed by atoms with E-state index in [-0.39, 0.29) is 11.4 Å². The molecule has 2 aromatic heterocycles. The predicted molar refractivity (Wildman–Crippen MR) is 127 cm³/mol. The zero-order valence-corrected chi connectivity index (χ0v) is 19.1. The van der Waals surface area contributed by atoms with E-state index in [0.29, 0.717) is 29.0 Å². The van der Waals surface area contributed by atoms with Crippen LogP contribution in [-0.2, 0) is 11.2 Å². The fourth-order valence-electron chi connectivity index (χ4n) is 3.93. The molecule has 4 aromatic rings. The van der Waals surface area contributed by atoms with Gasteiger partial charge >= 0.3 is 0 Å². The normalized spacial score (nSPS) is 12.0. The smallest absolute Gasteiger partial charge is 0.297 e. The summed E-state index contributed by atoms with van der Waals surface area (Å²) in [5.74, 6) is 0.813. The minimum absolute atomic E-state index is 0.139. The molecular weight excluding hydrogens is 420 g/mol. The number of nitrogens with zero attached hydrogens (tertiary/aromatic N) is 3. The summed E-state index contributed by atoms with van der Waals surface area (Å²) in [6, 6.07) is 14.1. The van der Waals surface area contributed by atoms with Crippen molar-refractivity contribution in [3.8, 4) is 17.0 Å². The summed E-state index contributed by atoms with van der Waals surface area (Å²) in [6.07, 6.45) is 1.14. The van der Waals surface area contributed by atoms with Gasteiger partial charge in [-0.1, -0.05) is 49.3 Å². The number of fused-ring (bicyclic) bond motifs is 1. The quantitative estimate of drug-likeness (QED) is 0.448. The van der Waals surface area contributed by atoms with Crippen LogP contribution in [0.5, 0.6) is 5.75 Å². The monoisotopic (exact) mass is 446 g/mol. The van der Waals surface area contributed by atoms with Gasteiger partial charge in [0.2, 0.25) is 5.91 Å². The Kier molecular flexibility index (Phi) is 6.26. The van der Waals surface area contributed by atoms with Gasteiger partial charge in [0.25, 0.3) is 5.56 Å². The minimum Gasteiger partial charge on any atom is -0.497 e. The molecule has 0 bridgehead atoms. The van der Waals surface area contributed by atoms with Gasteiger partial charge in [-0.15, -0.1) is 0 Å². The second-order valence-corrected chi connectivity index (χ2v) is 7.72. The van der Waals surface area contributed by atoms with Crippen molar-refractivity contribution in [3.63, 3.8) is 0 Å². The molecule has 1 amide bonds. The number of benzene rings is 2. The number of hydrogen-bond acceptors (Lipinski definition) is 6. The van der Waals surface area contributed by atoms with Crippen LogP contribution in [0.2, 0.25) is 0 Å². The number of rotatable bonds is 7. The summed E-state index contributed by atoms with van der Waals surface area (Å²) in [5, 5.41) is 12.1. The van der Waals surface area contributed by atoms with Crippen LogP contribution in [0, 0.1) is 6.92 Å². The van der Waals surface area contributed by atoms with Crippen molar-refractivity contribution >= 4 is 22.5 Å². The highest BCUT2D eigenvalue weighted by atomic mass is 16.5.